The Labute approximate surface area is 149 Å². The molecule has 0 unspecified atom stereocenters. The van der Waals surface area contributed by atoms with Crippen molar-refractivity contribution in [3.8, 4) is 6.07 Å². The van der Waals surface area contributed by atoms with Crippen LogP contribution in [0.15, 0.2) is 46.7 Å². The van der Waals surface area contributed by atoms with Crippen LogP contribution in [0.5, 0.6) is 0 Å². The number of hydrogen-bond donors (Lipinski definition) is 2. The number of nitrogens with zero attached hydrogens (tertiary/aromatic N) is 4. The van der Waals surface area contributed by atoms with Gasteiger partial charge in [-0.2, -0.15) is 10.4 Å². The van der Waals surface area contributed by atoms with E-state index in [4.69, 9.17) is 5.11 Å². The van der Waals surface area contributed by atoms with Crippen LogP contribution in [0.2, 0.25) is 0 Å². The number of amides is 1. The molecule has 0 atom stereocenters. The number of nitro groups is 1. The molecule has 1 aliphatic heterocycles. The van der Waals surface area contributed by atoms with Crippen molar-refractivity contribution in [2.75, 3.05) is 12.0 Å². The first-order chi connectivity index (χ1) is 12.3. The van der Waals surface area contributed by atoms with Gasteiger partial charge in [-0.25, -0.2) is 0 Å². The number of benzene rings is 1. The molecule has 0 fully saturated rings. The molecule has 2 rings (SSSR count). The van der Waals surface area contributed by atoms with Gasteiger partial charge < -0.3 is 10.0 Å². The van der Waals surface area contributed by atoms with Crippen molar-refractivity contribution in [1.82, 2.24) is 4.90 Å². The molecule has 1 heterocycles. The number of aliphatic hydroxyl groups is 1. The summed E-state index contributed by atoms with van der Waals surface area (Å²) in [5.74, 6) is -0.448. The number of allylic oxidation sites excluding steroid dienone is 1. The summed E-state index contributed by atoms with van der Waals surface area (Å²) in [6, 6.07) is 6.11. The second-order valence-electron chi connectivity index (χ2n) is 5.45. The molecule has 0 spiro atoms. The van der Waals surface area contributed by atoms with Gasteiger partial charge in [0, 0.05) is 18.2 Å². The Kier molecular flexibility index (Phi) is 5.49. The van der Waals surface area contributed by atoms with Crippen LogP contribution in [-0.4, -0.2) is 33.1 Å². The lowest BCUT2D eigenvalue weighted by molar-refractivity contribution is -0.384. The average molecular weight is 355 g/mol. The lowest BCUT2D eigenvalue weighted by atomic mass is 9.97. The number of nitriles is 1. The quantitative estimate of drug-likeness (QED) is 0.614. The SMILES string of the molecule is C=C1C(C#N)=C(C)C(=NNc2ccc(CO)cc2[N+](=O)[O-])C(=O)N1CC. The molecule has 0 saturated carbocycles. The van der Waals surface area contributed by atoms with Gasteiger partial charge >= 0.3 is 0 Å². The maximum absolute atomic E-state index is 12.6. The Balaban J connectivity index is 2.48. The molecule has 1 aromatic carbocycles. The van der Waals surface area contributed by atoms with Gasteiger partial charge in [0.25, 0.3) is 11.6 Å². The minimum atomic E-state index is -0.617. The minimum absolute atomic E-state index is 0.0173. The molecule has 26 heavy (non-hydrogen) atoms. The van der Waals surface area contributed by atoms with E-state index in [-0.39, 0.29) is 29.3 Å². The molecule has 134 valence electrons. The molecule has 0 aliphatic carbocycles. The van der Waals surface area contributed by atoms with Gasteiger partial charge in [0.15, 0.2) is 5.71 Å². The van der Waals surface area contributed by atoms with E-state index in [0.717, 1.165) is 0 Å². The normalized spacial score (nSPS) is 16.1. The fraction of sp³-hybridized carbons (Fsp3) is 0.235. The number of hydrazone groups is 1. The molecule has 2 N–H and O–H groups in total. The van der Waals surface area contributed by atoms with E-state index < -0.39 is 10.8 Å². The van der Waals surface area contributed by atoms with Crippen LogP contribution in [0.25, 0.3) is 0 Å². The largest absolute Gasteiger partial charge is 0.392 e. The summed E-state index contributed by atoms with van der Waals surface area (Å²) in [5, 5.41) is 33.6. The second kappa shape index (κ2) is 7.58. The number of nitro benzene ring substituents is 1. The number of anilines is 1. The summed E-state index contributed by atoms with van der Waals surface area (Å²) in [6.45, 7) is 7.04. The summed E-state index contributed by atoms with van der Waals surface area (Å²) < 4.78 is 0. The van der Waals surface area contributed by atoms with Crippen LogP contribution in [-0.2, 0) is 11.4 Å². The van der Waals surface area contributed by atoms with Crippen molar-refractivity contribution >= 4 is 23.0 Å². The number of carbonyl (C=O) groups excluding carboxylic acids is 1. The van der Waals surface area contributed by atoms with Gasteiger partial charge in [0.1, 0.15) is 11.8 Å². The van der Waals surface area contributed by atoms with Crippen molar-refractivity contribution in [2.24, 2.45) is 5.10 Å². The predicted octanol–water partition coefficient (Wildman–Crippen LogP) is 2.07. The topological polar surface area (TPSA) is 132 Å². The zero-order chi connectivity index (χ0) is 19.4. The molecule has 1 aromatic rings. The Morgan fingerprint density at radius 3 is 2.73 bits per heavy atom. The van der Waals surface area contributed by atoms with E-state index in [1.54, 1.807) is 13.8 Å². The molecule has 9 nitrogen and oxygen atoms in total. The van der Waals surface area contributed by atoms with Gasteiger partial charge in [-0.05, 0) is 25.5 Å². The monoisotopic (exact) mass is 355 g/mol. The summed E-state index contributed by atoms with van der Waals surface area (Å²) >= 11 is 0. The highest BCUT2D eigenvalue weighted by atomic mass is 16.6. The Morgan fingerprint density at radius 2 is 2.19 bits per heavy atom. The van der Waals surface area contributed by atoms with Crippen molar-refractivity contribution in [1.29, 1.82) is 5.26 Å². The van der Waals surface area contributed by atoms with E-state index in [2.05, 4.69) is 17.1 Å². The van der Waals surface area contributed by atoms with Crippen LogP contribution < -0.4 is 5.43 Å². The standard InChI is InChI=1S/C17H17N5O4/c1-4-21-11(3)13(8-18)10(2)16(17(21)24)20-19-14-6-5-12(9-23)7-15(14)22(25)26/h5-7,19,23H,3-4,9H2,1-2H3. The highest BCUT2D eigenvalue weighted by molar-refractivity contribution is 6.46. The summed E-state index contributed by atoms with van der Waals surface area (Å²) in [5.41, 5.74) is 3.53. The average Bonchev–Trinajstić information content (AvgIpc) is 2.62. The van der Waals surface area contributed by atoms with Crippen molar-refractivity contribution in [3.63, 3.8) is 0 Å². The molecule has 0 saturated heterocycles. The summed E-state index contributed by atoms with van der Waals surface area (Å²) in [7, 11) is 0. The first-order valence-corrected chi connectivity index (χ1v) is 7.70. The van der Waals surface area contributed by atoms with Crippen LogP contribution in [0.4, 0.5) is 11.4 Å². The maximum Gasteiger partial charge on any atom is 0.294 e. The number of rotatable bonds is 5. The zero-order valence-electron chi connectivity index (χ0n) is 14.3. The number of likely N-dealkylation sites (N-methyl/N-ethyl adjacent to an activating group) is 1. The highest BCUT2D eigenvalue weighted by Gasteiger charge is 2.32. The number of hydrogen-bond acceptors (Lipinski definition) is 7. The third-order valence-corrected chi connectivity index (χ3v) is 3.95. The van der Waals surface area contributed by atoms with E-state index >= 15 is 0 Å². The first-order valence-electron chi connectivity index (χ1n) is 7.70. The van der Waals surface area contributed by atoms with E-state index in [1.807, 2.05) is 6.07 Å². The summed E-state index contributed by atoms with van der Waals surface area (Å²) in [4.78, 5) is 24.5. The minimum Gasteiger partial charge on any atom is -0.392 e. The number of nitrogens with one attached hydrogen (secondary N) is 1. The van der Waals surface area contributed by atoms with Gasteiger partial charge in [0.05, 0.1) is 22.8 Å². The Morgan fingerprint density at radius 1 is 1.50 bits per heavy atom. The maximum atomic E-state index is 12.6. The van der Waals surface area contributed by atoms with E-state index in [1.165, 1.54) is 23.1 Å². The first kappa shape index (κ1) is 18.8. The lowest BCUT2D eigenvalue weighted by Gasteiger charge is -2.29. The van der Waals surface area contributed by atoms with Gasteiger partial charge in [-0.15, -0.1) is 0 Å². The highest BCUT2D eigenvalue weighted by Crippen LogP contribution is 2.28. The molecule has 0 radical (unpaired) electrons. The molecule has 1 aliphatic rings. The van der Waals surface area contributed by atoms with E-state index in [0.29, 0.717) is 23.4 Å². The molecule has 9 heteroatoms. The molecular formula is C17H17N5O4. The number of carbonyl (C=O) groups is 1. The zero-order valence-corrected chi connectivity index (χ0v) is 14.3. The van der Waals surface area contributed by atoms with Crippen molar-refractivity contribution in [2.45, 2.75) is 20.5 Å². The number of aliphatic hydroxyl groups excluding tert-OH is 1. The molecule has 0 bridgehead atoms. The van der Waals surface area contributed by atoms with Gasteiger partial charge in [-0.1, -0.05) is 12.6 Å². The van der Waals surface area contributed by atoms with Crippen molar-refractivity contribution in [3.05, 3.63) is 57.3 Å². The van der Waals surface area contributed by atoms with Crippen LogP contribution in [0.1, 0.15) is 19.4 Å². The van der Waals surface area contributed by atoms with Gasteiger partial charge in [0.2, 0.25) is 0 Å². The van der Waals surface area contributed by atoms with Gasteiger partial charge in [-0.3, -0.25) is 20.3 Å². The third kappa shape index (κ3) is 3.31. The van der Waals surface area contributed by atoms with Crippen LogP contribution >= 0.6 is 0 Å². The lowest BCUT2D eigenvalue weighted by Crippen LogP contribution is -2.41. The van der Waals surface area contributed by atoms with Crippen LogP contribution in [0, 0.1) is 21.4 Å². The third-order valence-electron chi connectivity index (χ3n) is 3.95. The molecular weight excluding hydrogens is 338 g/mol. The summed E-state index contributed by atoms with van der Waals surface area (Å²) in [6.07, 6.45) is 0. The van der Waals surface area contributed by atoms with Crippen molar-refractivity contribution < 1.29 is 14.8 Å². The molecule has 1 amide bonds. The Hall–Kier alpha value is -3.51. The van der Waals surface area contributed by atoms with E-state index in [9.17, 15) is 20.2 Å². The molecule has 0 aromatic heterocycles. The second-order valence-corrected chi connectivity index (χ2v) is 5.45. The fourth-order valence-electron chi connectivity index (χ4n) is 2.53. The smallest absolute Gasteiger partial charge is 0.294 e. The predicted molar refractivity (Wildman–Crippen MR) is 94.9 cm³/mol. The Bertz CT molecular complexity index is 895. The van der Waals surface area contributed by atoms with Crippen LogP contribution in [0.3, 0.4) is 0 Å². The fourth-order valence-corrected chi connectivity index (χ4v) is 2.53.